The van der Waals surface area contributed by atoms with Gasteiger partial charge < -0.3 is 48.5 Å². The number of rotatable bonds is 5. The first-order valence-corrected chi connectivity index (χ1v) is 16.4. The Morgan fingerprint density at radius 3 is 2.37 bits per heavy atom. The minimum absolute atomic E-state index is 0.123. The van der Waals surface area contributed by atoms with Crippen LogP contribution in [0, 0.1) is 34.0 Å². The van der Waals surface area contributed by atoms with Crippen molar-refractivity contribution < 1.29 is 62.9 Å². The average Bonchev–Trinajstić information content (AvgIpc) is 3.08. The zero-order valence-electron chi connectivity index (χ0n) is 27.2. The number of hydrogen-bond donors (Lipinski definition) is 3. The van der Waals surface area contributed by atoms with Gasteiger partial charge in [-0.25, -0.2) is 0 Å². The van der Waals surface area contributed by atoms with Crippen molar-refractivity contribution in [1.29, 1.82) is 0 Å². The van der Waals surface area contributed by atoms with Gasteiger partial charge in [-0.05, 0) is 56.4 Å². The highest BCUT2D eigenvalue weighted by atomic mass is 16.8. The molecule has 13 nitrogen and oxygen atoms in total. The van der Waals surface area contributed by atoms with Crippen LogP contribution in [0.1, 0.15) is 67.2 Å². The molecule has 3 N–H and O–H groups in total. The summed E-state index contributed by atoms with van der Waals surface area (Å²) in [5.41, 5.74) is -2.41. The number of esters is 2. The zero-order chi connectivity index (χ0) is 33.4. The van der Waals surface area contributed by atoms with E-state index in [2.05, 4.69) is 20.4 Å². The lowest BCUT2D eigenvalue weighted by atomic mass is 9.35. The number of ketones is 1. The highest BCUT2D eigenvalue weighted by Gasteiger charge is 2.91. The first kappa shape index (κ1) is 32.6. The molecule has 4 saturated heterocycles. The summed E-state index contributed by atoms with van der Waals surface area (Å²) in [4.78, 5) is 39.7. The summed E-state index contributed by atoms with van der Waals surface area (Å²) >= 11 is 0. The molecule has 0 aromatic carbocycles. The largest absolute Gasteiger partial charge is 0.462 e. The number of carbonyl (C=O) groups is 3. The summed E-state index contributed by atoms with van der Waals surface area (Å²) in [5.74, 6) is -5.57. The normalized spacial score (nSPS) is 51.2. The van der Waals surface area contributed by atoms with E-state index >= 15 is 0 Å². The molecule has 8 fully saturated rings. The highest BCUT2D eigenvalue weighted by molar-refractivity contribution is 6.05. The maximum Gasteiger partial charge on any atom is 0.303 e. The van der Waals surface area contributed by atoms with Crippen molar-refractivity contribution >= 4 is 17.7 Å². The second kappa shape index (κ2) is 10.3. The molecule has 14 atom stereocenters. The Morgan fingerprint density at radius 1 is 1.02 bits per heavy atom. The van der Waals surface area contributed by atoms with Crippen molar-refractivity contribution in [2.24, 2.45) is 34.0 Å². The molecule has 8 rings (SSSR count). The third kappa shape index (κ3) is 3.94. The van der Waals surface area contributed by atoms with E-state index in [0.29, 0.717) is 31.3 Å². The number of ether oxygens (including phenoxy) is 7. The Labute approximate surface area is 267 Å². The zero-order valence-corrected chi connectivity index (χ0v) is 27.2. The number of aliphatic hydroxyl groups is 3. The third-order valence-corrected chi connectivity index (χ3v) is 12.3. The van der Waals surface area contributed by atoms with Crippen LogP contribution in [0.3, 0.4) is 0 Å². The lowest BCUT2D eigenvalue weighted by molar-refractivity contribution is -0.544. The van der Waals surface area contributed by atoms with E-state index in [4.69, 9.17) is 33.2 Å². The van der Waals surface area contributed by atoms with Crippen LogP contribution in [0.25, 0.3) is 0 Å². The van der Waals surface area contributed by atoms with Crippen molar-refractivity contribution in [3.63, 3.8) is 0 Å². The molecule has 4 heterocycles. The Hall–Kier alpha value is -1.97. The highest BCUT2D eigenvalue weighted by Crippen LogP contribution is 2.80. The molecule has 4 aliphatic heterocycles. The number of fused-ring (bicyclic) bond motifs is 1. The molecule has 0 aromatic heterocycles. The van der Waals surface area contributed by atoms with E-state index in [9.17, 15) is 29.7 Å². The van der Waals surface area contributed by atoms with Gasteiger partial charge in [0.05, 0.1) is 19.3 Å². The second-order valence-corrected chi connectivity index (χ2v) is 15.5. The molecular weight excluding hydrogens is 604 g/mol. The predicted octanol–water partition coefficient (Wildman–Crippen LogP) is 1.14. The van der Waals surface area contributed by atoms with Crippen LogP contribution in [-0.4, -0.2) is 107 Å². The number of carbonyl (C=O) groups excluding carboxylic acids is 3. The molecule has 0 aromatic rings. The van der Waals surface area contributed by atoms with E-state index in [1.165, 1.54) is 6.92 Å². The first-order valence-electron chi connectivity index (χ1n) is 16.4. The van der Waals surface area contributed by atoms with Gasteiger partial charge >= 0.3 is 11.9 Å². The first-order chi connectivity index (χ1) is 21.5. The van der Waals surface area contributed by atoms with Crippen LogP contribution in [0.2, 0.25) is 0 Å². The molecule has 0 radical (unpaired) electrons. The molecule has 4 saturated carbocycles. The molecule has 3 spiro atoms. The van der Waals surface area contributed by atoms with Crippen LogP contribution in [0.4, 0.5) is 0 Å². The van der Waals surface area contributed by atoms with Gasteiger partial charge in [-0.2, -0.15) is 0 Å². The SMILES string of the molecule is C=C1C(=O)[C@@]23[C@@H]4OC(C)(C)O[C@]25OC[C@]2([C@@H](OC(C)=O)CCC(C)(C)[C@H]2[C@@H]5O[C@@H]2O[C@H](CO)[C@@H](O)[C@H](O)[C@H]2OC(C)=O)[C@@H]3CC[C@@H]14. The monoisotopic (exact) mass is 650 g/mol. The smallest absolute Gasteiger partial charge is 0.303 e. The van der Waals surface area contributed by atoms with Crippen molar-refractivity contribution in [3.05, 3.63) is 12.2 Å². The number of Topliss-reactive ketones (excluding diaryl/α,β-unsaturated/α-hetero) is 1. The van der Waals surface area contributed by atoms with E-state index in [-0.39, 0.29) is 24.2 Å². The molecule has 13 heteroatoms. The van der Waals surface area contributed by atoms with Crippen LogP contribution < -0.4 is 0 Å². The fraction of sp³-hybridized carbons (Fsp3) is 0.848. The molecule has 46 heavy (non-hydrogen) atoms. The predicted molar refractivity (Wildman–Crippen MR) is 154 cm³/mol. The van der Waals surface area contributed by atoms with Gasteiger partial charge in [-0.3, -0.25) is 14.4 Å². The summed E-state index contributed by atoms with van der Waals surface area (Å²) in [6.07, 6.45) is -7.50. The maximum atomic E-state index is 14.8. The van der Waals surface area contributed by atoms with Crippen LogP contribution in [0.15, 0.2) is 12.2 Å². The van der Waals surface area contributed by atoms with Gasteiger partial charge in [-0.15, -0.1) is 0 Å². The third-order valence-electron chi connectivity index (χ3n) is 12.3. The number of hydrogen-bond acceptors (Lipinski definition) is 13. The van der Waals surface area contributed by atoms with Crippen molar-refractivity contribution in [2.75, 3.05) is 13.2 Å². The molecule has 8 aliphatic rings. The van der Waals surface area contributed by atoms with Gasteiger partial charge in [0, 0.05) is 31.1 Å². The number of aliphatic hydroxyl groups excluding tert-OH is 3. The fourth-order valence-corrected chi connectivity index (χ4v) is 11.0. The Balaban J connectivity index is 1.47. The molecule has 4 aliphatic carbocycles. The Kier molecular flexibility index (Phi) is 7.27. The lowest BCUT2D eigenvalue weighted by Crippen LogP contribution is -2.89. The quantitative estimate of drug-likeness (QED) is 0.220. The van der Waals surface area contributed by atoms with Gasteiger partial charge in [0.2, 0.25) is 5.79 Å². The Bertz CT molecular complexity index is 1340. The van der Waals surface area contributed by atoms with Crippen LogP contribution >= 0.6 is 0 Å². The maximum absolute atomic E-state index is 14.8. The fourth-order valence-electron chi connectivity index (χ4n) is 11.0. The minimum atomic E-state index is -1.75. The van der Waals surface area contributed by atoms with Crippen molar-refractivity contribution in [3.8, 4) is 0 Å². The van der Waals surface area contributed by atoms with Gasteiger partial charge in [0.1, 0.15) is 35.9 Å². The van der Waals surface area contributed by atoms with E-state index in [0.717, 1.165) is 6.92 Å². The van der Waals surface area contributed by atoms with Crippen molar-refractivity contribution in [1.82, 2.24) is 0 Å². The summed E-state index contributed by atoms with van der Waals surface area (Å²) in [6, 6.07) is 0. The molecule has 0 unspecified atom stereocenters. The lowest BCUT2D eigenvalue weighted by Gasteiger charge is -2.78. The molecule has 4 bridgehead atoms. The summed E-state index contributed by atoms with van der Waals surface area (Å²) in [7, 11) is 0. The molecular formula is C33H46O13. The standard InChI is InChI=1S/C33H46O13/c1-14-17-8-9-19-31-13-40-33(32(19,25(14)39)26(17)45-30(6,7)46-33)27(24(31)29(4,5)11-10-20(31)41-15(2)35)44-28-23(42-16(3)36)22(38)21(37)18(12-34)43-28/h17-24,26-28,34,37-38H,1,8-13H2,2-7H3/t17-,18+,19-,20-,21+,22-,23+,24+,26+,27-,28-,31+,32-,33-/m0/s1. The van der Waals surface area contributed by atoms with Gasteiger partial charge in [0.25, 0.3) is 0 Å². The van der Waals surface area contributed by atoms with E-state index in [1.807, 2.05) is 0 Å². The second-order valence-electron chi connectivity index (χ2n) is 15.5. The summed E-state index contributed by atoms with van der Waals surface area (Å²) < 4.78 is 45.0. The van der Waals surface area contributed by atoms with Gasteiger partial charge in [-0.1, -0.05) is 20.4 Å². The van der Waals surface area contributed by atoms with Crippen LogP contribution in [-0.2, 0) is 47.5 Å². The van der Waals surface area contributed by atoms with E-state index in [1.54, 1.807) is 13.8 Å². The van der Waals surface area contributed by atoms with Crippen LogP contribution in [0.5, 0.6) is 0 Å². The topological polar surface area (TPSA) is 177 Å². The van der Waals surface area contributed by atoms with Gasteiger partial charge in [0.15, 0.2) is 24.0 Å². The minimum Gasteiger partial charge on any atom is -0.462 e. The van der Waals surface area contributed by atoms with E-state index < -0.39 is 101 Å². The molecule has 256 valence electrons. The summed E-state index contributed by atoms with van der Waals surface area (Å²) in [5, 5.41) is 31.9. The average molecular weight is 651 g/mol. The molecule has 0 amide bonds. The Morgan fingerprint density at radius 2 is 1.72 bits per heavy atom. The summed E-state index contributed by atoms with van der Waals surface area (Å²) in [6.45, 7) is 14.0. The van der Waals surface area contributed by atoms with Crippen molar-refractivity contribution in [2.45, 2.75) is 128 Å².